The Morgan fingerprint density at radius 2 is 1.65 bits per heavy atom. The molecule has 3 rings (SSSR count). The Morgan fingerprint density at radius 3 is 2.30 bits per heavy atom. The van der Waals surface area contributed by atoms with Crippen molar-refractivity contribution in [3.8, 4) is 0 Å². The second-order valence-electron chi connectivity index (χ2n) is 6.81. The SMILES string of the molecule is NC1(CC2CCOCC2)CCC(c2ccccc2)CC1. The van der Waals surface area contributed by atoms with Gasteiger partial charge in [-0.05, 0) is 62.3 Å². The van der Waals surface area contributed by atoms with Crippen molar-refractivity contribution in [2.24, 2.45) is 11.7 Å². The van der Waals surface area contributed by atoms with Gasteiger partial charge in [-0.15, -0.1) is 0 Å². The number of ether oxygens (including phenoxy) is 1. The van der Waals surface area contributed by atoms with Crippen LogP contribution in [0.15, 0.2) is 30.3 Å². The predicted octanol–water partition coefficient (Wildman–Crippen LogP) is 3.86. The molecular weight excluding hydrogens is 246 g/mol. The Hall–Kier alpha value is -0.860. The zero-order valence-electron chi connectivity index (χ0n) is 12.4. The Balaban J connectivity index is 1.54. The molecule has 1 aromatic rings. The van der Waals surface area contributed by atoms with Crippen LogP contribution in [-0.4, -0.2) is 18.8 Å². The summed E-state index contributed by atoms with van der Waals surface area (Å²) in [5, 5.41) is 0. The Bertz CT molecular complexity index is 403. The van der Waals surface area contributed by atoms with Gasteiger partial charge in [0.05, 0.1) is 0 Å². The third-order valence-corrected chi connectivity index (χ3v) is 5.29. The van der Waals surface area contributed by atoms with Crippen LogP contribution in [0.25, 0.3) is 0 Å². The molecule has 1 saturated carbocycles. The first-order chi connectivity index (χ1) is 9.75. The topological polar surface area (TPSA) is 35.2 Å². The van der Waals surface area contributed by atoms with Crippen molar-refractivity contribution in [2.45, 2.75) is 56.4 Å². The van der Waals surface area contributed by atoms with Crippen LogP contribution in [0.1, 0.15) is 56.4 Å². The molecular formula is C18H27NO. The van der Waals surface area contributed by atoms with Gasteiger partial charge in [0.1, 0.15) is 0 Å². The lowest BCUT2D eigenvalue weighted by Gasteiger charge is -2.40. The fourth-order valence-electron chi connectivity index (χ4n) is 3.98. The highest BCUT2D eigenvalue weighted by molar-refractivity contribution is 5.20. The van der Waals surface area contributed by atoms with Gasteiger partial charge in [-0.25, -0.2) is 0 Å². The molecule has 0 radical (unpaired) electrons. The summed E-state index contributed by atoms with van der Waals surface area (Å²) in [4.78, 5) is 0. The standard InChI is InChI=1S/C18H27NO/c19-18(14-15-8-12-20-13-9-15)10-6-17(7-11-18)16-4-2-1-3-5-16/h1-5,15,17H,6-14,19H2. The van der Waals surface area contributed by atoms with Crippen LogP contribution >= 0.6 is 0 Å². The molecule has 2 aliphatic rings. The number of rotatable bonds is 3. The molecule has 1 saturated heterocycles. The van der Waals surface area contributed by atoms with Gasteiger partial charge in [0.2, 0.25) is 0 Å². The van der Waals surface area contributed by atoms with Crippen molar-refractivity contribution in [3.05, 3.63) is 35.9 Å². The highest BCUT2D eigenvalue weighted by Crippen LogP contribution is 2.40. The van der Waals surface area contributed by atoms with Gasteiger partial charge < -0.3 is 10.5 Å². The van der Waals surface area contributed by atoms with Crippen LogP contribution in [0.2, 0.25) is 0 Å². The van der Waals surface area contributed by atoms with E-state index in [9.17, 15) is 0 Å². The first-order valence-electron chi connectivity index (χ1n) is 8.17. The van der Waals surface area contributed by atoms with Crippen LogP contribution in [-0.2, 0) is 4.74 Å². The summed E-state index contributed by atoms with van der Waals surface area (Å²) in [7, 11) is 0. The molecule has 0 amide bonds. The Kier molecular flexibility index (Phi) is 4.42. The lowest BCUT2D eigenvalue weighted by atomic mass is 9.70. The highest BCUT2D eigenvalue weighted by Gasteiger charge is 2.34. The van der Waals surface area contributed by atoms with E-state index in [1.54, 1.807) is 0 Å². The summed E-state index contributed by atoms with van der Waals surface area (Å²) in [6, 6.07) is 11.0. The van der Waals surface area contributed by atoms with Gasteiger partial charge in [-0.3, -0.25) is 0 Å². The van der Waals surface area contributed by atoms with Crippen molar-refractivity contribution in [1.29, 1.82) is 0 Å². The zero-order chi connectivity index (χ0) is 13.8. The number of benzene rings is 1. The van der Waals surface area contributed by atoms with Gasteiger partial charge in [0.25, 0.3) is 0 Å². The number of nitrogens with two attached hydrogens (primary N) is 1. The first kappa shape index (κ1) is 14.1. The van der Waals surface area contributed by atoms with Gasteiger partial charge >= 0.3 is 0 Å². The smallest absolute Gasteiger partial charge is 0.0468 e. The summed E-state index contributed by atoms with van der Waals surface area (Å²) in [6.07, 6.45) is 8.50. The minimum Gasteiger partial charge on any atom is -0.381 e. The highest BCUT2D eigenvalue weighted by atomic mass is 16.5. The molecule has 0 bridgehead atoms. The maximum atomic E-state index is 6.69. The minimum atomic E-state index is 0.0906. The molecule has 0 aromatic heterocycles. The molecule has 0 unspecified atom stereocenters. The van der Waals surface area contributed by atoms with E-state index in [-0.39, 0.29) is 5.54 Å². The number of hydrogen-bond donors (Lipinski definition) is 1. The molecule has 2 nitrogen and oxygen atoms in total. The van der Waals surface area contributed by atoms with Crippen molar-refractivity contribution in [2.75, 3.05) is 13.2 Å². The summed E-state index contributed by atoms with van der Waals surface area (Å²) in [5.74, 6) is 1.52. The molecule has 2 N–H and O–H groups in total. The van der Waals surface area contributed by atoms with E-state index in [1.807, 2.05) is 0 Å². The van der Waals surface area contributed by atoms with E-state index in [0.717, 1.165) is 25.0 Å². The van der Waals surface area contributed by atoms with Crippen molar-refractivity contribution in [3.63, 3.8) is 0 Å². The van der Waals surface area contributed by atoms with E-state index < -0.39 is 0 Å². The van der Waals surface area contributed by atoms with Gasteiger partial charge in [0.15, 0.2) is 0 Å². The average Bonchev–Trinajstić information content (AvgIpc) is 2.50. The van der Waals surface area contributed by atoms with Crippen molar-refractivity contribution in [1.82, 2.24) is 0 Å². The molecule has 2 heteroatoms. The summed E-state index contributed by atoms with van der Waals surface area (Å²) in [6.45, 7) is 1.88. The lowest BCUT2D eigenvalue weighted by molar-refractivity contribution is 0.0521. The second-order valence-corrected chi connectivity index (χ2v) is 6.81. The quantitative estimate of drug-likeness (QED) is 0.907. The third kappa shape index (κ3) is 3.42. The zero-order valence-corrected chi connectivity index (χ0v) is 12.4. The maximum Gasteiger partial charge on any atom is 0.0468 e. The molecule has 20 heavy (non-hydrogen) atoms. The van der Waals surface area contributed by atoms with E-state index in [1.165, 1.54) is 50.5 Å². The molecule has 0 atom stereocenters. The fourth-order valence-corrected chi connectivity index (χ4v) is 3.98. The number of hydrogen-bond acceptors (Lipinski definition) is 2. The van der Waals surface area contributed by atoms with E-state index in [0.29, 0.717) is 0 Å². The van der Waals surface area contributed by atoms with Crippen LogP contribution in [0.3, 0.4) is 0 Å². The minimum absolute atomic E-state index is 0.0906. The van der Waals surface area contributed by atoms with E-state index in [2.05, 4.69) is 30.3 Å². The Morgan fingerprint density at radius 1 is 1.00 bits per heavy atom. The van der Waals surface area contributed by atoms with Crippen LogP contribution in [0.4, 0.5) is 0 Å². The van der Waals surface area contributed by atoms with Gasteiger partial charge in [0, 0.05) is 18.8 Å². The molecule has 1 heterocycles. The maximum absolute atomic E-state index is 6.69. The predicted molar refractivity (Wildman–Crippen MR) is 82.7 cm³/mol. The molecule has 1 aromatic carbocycles. The summed E-state index contributed by atoms with van der Waals surface area (Å²) < 4.78 is 5.46. The normalized spacial score (nSPS) is 32.1. The van der Waals surface area contributed by atoms with Crippen molar-refractivity contribution < 1.29 is 4.74 Å². The first-order valence-corrected chi connectivity index (χ1v) is 8.17. The monoisotopic (exact) mass is 273 g/mol. The lowest BCUT2D eigenvalue weighted by Crippen LogP contribution is -2.45. The van der Waals surface area contributed by atoms with Crippen LogP contribution < -0.4 is 5.73 Å². The van der Waals surface area contributed by atoms with Crippen LogP contribution in [0, 0.1) is 5.92 Å². The van der Waals surface area contributed by atoms with Crippen LogP contribution in [0.5, 0.6) is 0 Å². The fraction of sp³-hybridized carbons (Fsp3) is 0.667. The van der Waals surface area contributed by atoms with Gasteiger partial charge in [-0.2, -0.15) is 0 Å². The molecule has 2 fully saturated rings. The summed E-state index contributed by atoms with van der Waals surface area (Å²) >= 11 is 0. The van der Waals surface area contributed by atoms with Crippen molar-refractivity contribution >= 4 is 0 Å². The summed E-state index contributed by atoms with van der Waals surface area (Å²) in [5.41, 5.74) is 8.28. The largest absolute Gasteiger partial charge is 0.381 e. The molecule has 0 spiro atoms. The molecule has 1 aliphatic carbocycles. The molecule has 110 valence electrons. The second kappa shape index (κ2) is 6.28. The van der Waals surface area contributed by atoms with E-state index >= 15 is 0 Å². The van der Waals surface area contributed by atoms with Gasteiger partial charge in [-0.1, -0.05) is 30.3 Å². The Labute approximate surface area is 122 Å². The molecule has 1 aliphatic heterocycles. The third-order valence-electron chi connectivity index (χ3n) is 5.29. The van der Waals surface area contributed by atoms with E-state index in [4.69, 9.17) is 10.5 Å². The average molecular weight is 273 g/mol.